The van der Waals surface area contributed by atoms with Crippen LogP contribution < -0.4 is 0 Å². The van der Waals surface area contributed by atoms with E-state index in [0.29, 0.717) is 22.1 Å². The molecule has 34 heavy (non-hydrogen) atoms. The fraction of sp³-hybridized carbons (Fsp3) is 0.200. The lowest BCUT2D eigenvalue weighted by molar-refractivity contribution is -0.137. The number of aromatic nitrogens is 2. The molecule has 0 fully saturated rings. The van der Waals surface area contributed by atoms with Crippen molar-refractivity contribution in [2.45, 2.75) is 31.5 Å². The molecule has 4 nitrogen and oxygen atoms in total. The Labute approximate surface area is 204 Å². The van der Waals surface area contributed by atoms with Crippen LogP contribution in [0.3, 0.4) is 0 Å². The quantitative estimate of drug-likeness (QED) is 0.150. The van der Waals surface area contributed by atoms with Gasteiger partial charge >= 0.3 is 6.18 Å². The highest BCUT2D eigenvalue weighted by molar-refractivity contribution is 8.00. The number of benzene rings is 2. The molecule has 0 amide bonds. The summed E-state index contributed by atoms with van der Waals surface area (Å²) in [5.74, 6) is 0.497. The molecule has 0 bridgehead atoms. The van der Waals surface area contributed by atoms with Crippen LogP contribution in [0.1, 0.15) is 28.1 Å². The number of pyridine rings is 1. The van der Waals surface area contributed by atoms with Gasteiger partial charge in [0.1, 0.15) is 18.0 Å². The first-order valence-electron chi connectivity index (χ1n) is 10.4. The monoisotopic (exact) mass is 503 g/mol. The van der Waals surface area contributed by atoms with Crippen LogP contribution in [0.25, 0.3) is 5.65 Å². The van der Waals surface area contributed by atoms with Gasteiger partial charge in [-0.05, 0) is 73.5 Å². The molecule has 176 valence electrons. The van der Waals surface area contributed by atoms with Crippen molar-refractivity contribution >= 4 is 34.7 Å². The lowest BCUT2D eigenvalue weighted by Crippen LogP contribution is -2.11. The third kappa shape index (κ3) is 5.74. The van der Waals surface area contributed by atoms with E-state index in [9.17, 15) is 13.2 Å². The number of fused-ring (bicyclic) bond motifs is 1. The fourth-order valence-electron chi connectivity index (χ4n) is 3.41. The molecule has 0 radical (unpaired) electrons. The molecule has 0 spiro atoms. The van der Waals surface area contributed by atoms with E-state index in [2.05, 4.69) is 10.1 Å². The molecule has 0 aliphatic carbocycles. The van der Waals surface area contributed by atoms with Crippen LogP contribution in [-0.4, -0.2) is 20.8 Å². The van der Waals surface area contributed by atoms with Crippen molar-refractivity contribution in [3.05, 3.63) is 100.0 Å². The molecule has 0 atom stereocenters. The number of aryl methyl sites for hydroxylation is 2. The van der Waals surface area contributed by atoms with Crippen LogP contribution in [0, 0.1) is 13.8 Å². The number of hydrogen-bond acceptors (Lipinski definition) is 4. The van der Waals surface area contributed by atoms with Crippen LogP contribution in [-0.2, 0) is 17.6 Å². The molecule has 9 heteroatoms. The summed E-state index contributed by atoms with van der Waals surface area (Å²) in [5, 5.41) is 5.04. The van der Waals surface area contributed by atoms with E-state index in [1.165, 1.54) is 12.1 Å². The molecule has 2 aromatic heterocycles. The van der Waals surface area contributed by atoms with E-state index in [1.54, 1.807) is 11.8 Å². The molecule has 2 heterocycles. The van der Waals surface area contributed by atoms with Gasteiger partial charge in [0.05, 0.1) is 17.0 Å². The molecule has 0 saturated carbocycles. The van der Waals surface area contributed by atoms with Gasteiger partial charge in [0, 0.05) is 21.9 Å². The summed E-state index contributed by atoms with van der Waals surface area (Å²) in [6.45, 7) is 3.96. The van der Waals surface area contributed by atoms with E-state index in [0.717, 1.165) is 39.6 Å². The van der Waals surface area contributed by atoms with Crippen molar-refractivity contribution in [1.29, 1.82) is 0 Å². The molecule has 0 aliphatic rings. The average molecular weight is 504 g/mol. The Bertz CT molecular complexity index is 1320. The predicted octanol–water partition coefficient (Wildman–Crippen LogP) is 7.34. The van der Waals surface area contributed by atoms with Crippen molar-refractivity contribution in [1.82, 2.24) is 9.38 Å². The molecular formula is C25H21ClF3N3OS. The molecule has 4 aromatic rings. The summed E-state index contributed by atoms with van der Waals surface area (Å²) < 4.78 is 40.4. The number of oxime groups is 1. The van der Waals surface area contributed by atoms with E-state index < -0.39 is 11.7 Å². The summed E-state index contributed by atoms with van der Waals surface area (Å²) in [7, 11) is 0. The number of nitrogens with zero attached hydrogens (tertiary/aromatic N) is 3. The highest BCUT2D eigenvalue weighted by Crippen LogP contribution is 2.29. The first kappa shape index (κ1) is 24.2. The molecular weight excluding hydrogens is 483 g/mol. The minimum Gasteiger partial charge on any atom is -0.391 e. The van der Waals surface area contributed by atoms with Gasteiger partial charge in [-0.3, -0.25) is 4.40 Å². The standard InChI is InChI=1S/C25H21ClF3N3OS/c1-16-11-12-32-23(13-16)30-17(2)24(32)22(15-34-21-9-7-20(26)8-10-21)31-33-14-18-3-5-19(6-4-18)25(27,28)29/h3-13H,14-15H2,1-2H3/b31-22+. The predicted molar refractivity (Wildman–Crippen MR) is 130 cm³/mol. The van der Waals surface area contributed by atoms with Crippen molar-refractivity contribution < 1.29 is 18.0 Å². The number of alkyl halides is 3. The summed E-state index contributed by atoms with van der Waals surface area (Å²) in [4.78, 5) is 11.3. The Balaban J connectivity index is 1.59. The van der Waals surface area contributed by atoms with Crippen LogP contribution in [0.4, 0.5) is 13.2 Å². The maximum absolute atomic E-state index is 12.8. The van der Waals surface area contributed by atoms with Gasteiger partial charge < -0.3 is 4.84 Å². The minimum atomic E-state index is -4.37. The van der Waals surface area contributed by atoms with Crippen molar-refractivity contribution in [3.63, 3.8) is 0 Å². The molecule has 2 aromatic carbocycles. The zero-order valence-corrected chi connectivity index (χ0v) is 20.0. The Morgan fingerprint density at radius 3 is 2.44 bits per heavy atom. The zero-order valence-electron chi connectivity index (χ0n) is 18.4. The van der Waals surface area contributed by atoms with Crippen LogP contribution in [0.15, 0.2) is 76.9 Å². The van der Waals surface area contributed by atoms with Gasteiger partial charge in [-0.2, -0.15) is 13.2 Å². The van der Waals surface area contributed by atoms with Crippen LogP contribution >= 0.6 is 23.4 Å². The second kappa shape index (κ2) is 10.1. The number of rotatable bonds is 7. The molecule has 0 saturated heterocycles. The number of imidazole rings is 1. The van der Waals surface area contributed by atoms with Crippen molar-refractivity contribution in [2.75, 3.05) is 5.75 Å². The van der Waals surface area contributed by atoms with Gasteiger partial charge in [0.15, 0.2) is 0 Å². The molecule has 0 unspecified atom stereocenters. The second-order valence-electron chi connectivity index (χ2n) is 7.73. The average Bonchev–Trinajstić information content (AvgIpc) is 3.11. The normalized spacial score (nSPS) is 12.4. The Kier molecular flexibility index (Phi) is 7.19. The minimum absolute atomic E-state index is 0.0438. The van der Waals surface area contributed by atoms with Gasteiger partial charge in [-0.15, -0.1) is 11.8 Å². The SMILES string of the molecule is Cc1ccn2c(/C(CSc3ccc(Cl)cc3)=N/OCc3ccc(C(F)(F)F)cc3)c(C)nc2c1. The van der Waals surface area contributed by atoms with Gasteiger partial charge in [-0.25, -0.2) is 4.98 Å². The Morgan fingerprint density at radius 1 is 1.06 bits per heavy atom. The summed E-state index contributed by atoms with van der Waals surface area (Å²) in [5.41, 5.74) is 4.09. The summed E-state index contributed by atoms with van der Waals surface area (Å²) >= 11 is 7.56. The molecule has 0 aliphatic heterocycles. The van der Waals surface area contributed by atoms with E-state index in [1.807, 2.05) is 60.8 Å². The smallest absolute Gasteiger partial charge is 0.391 e. The van der Waals surface area contributed by atoms with Crippen LogP contribution in [0.2, 0.25) is 5.02 Å². The highest BCUT2D eigenvalue weighted by atomic mass is 35.5. The fourth-order valence-corrected chi connectivity index (χ4v) is 4.35. The number of halogens is 4. The molecule has 0 N–H and O–H groups in total. The van der Waals surface area contributed by atoms with Gasteiger partial charge in [0.2, 0.25) is 0 Å². The zero-order chi connectivity index (χ0) is 24.3. The summed E-state index contributed by atoms with van der Waals surface area (Å²) in [6, 6.07) is 16.3. The van der Waals surface area contributed by atoms with Crippen LogP contribution in [0.5, 0.6) is 0 Å². The lowest BCUT2D eigenvalue weighted by Gasteiger charge is -2.10. The third-order valence-electron chi connectivity index (χ3n) is 5.11. The van der Waals surface area contributed by atoms with Crippen molar-refractivity contribution in [2.24, 2.45) is 5.16 Å². The van der Waals surface area contributed by atoms with Gasteiger partial charge in [-0.1, -0.05) is 28.9 Å². The lowest BCUT2D eigenvalue weighted by atomic mass is 10.1. The first-order chi connectivity index (χ1) is 16.2. The van der Waals surface area contributed by atoms with Gasteiger partial charge in [0.25, 0.3) is 0 Å². The summed E-state index contributed by atoms with van der Waals surface area (Å²) in [6.07, 6.45) is -2.43. The first-order valence-corrected chi connectivity index (χ1v) is 11.8. The maximum atomic E-state index is 12.8. The third-order valence-corrected chi connectivity index (χ3v) is 6.38. The van der Waals surface area contributed by atoms with Crippen molar-refractivity contribution in [3.8, 4) is 0 Å². The van der Waals surface area contributed by atoms with E-state index >= 15 is 0 Å². The Hall–Kier alpha value is -2.97. The highest BCUT2D eigenvalue weighted by Gasteiger charge is 2.29. The Morgan fingerprint density at radius 2 is 1.76 bits per heavy atom. The maximum Gasteiger partial charge on any atom is 0.416 e. The van der Waals surface area contributed by atoms with E-state index in [-0.39, 0.29) is 6.61 Å². The largest absolute Gasteiger partial charge is 0.416 e. The topological polar surface area (TPSA) is 38.9 Å². The molecule has 4 rings (SSSR count). The number of thioether (sulfide) groups is 1. The van der Waals surface area contributed by atoms with E-state index in [4.69, 9.17) is 16.4 Å². The second-order valence-corrected chi connectivity index (χ2v) is 9.21. The number of hydrogen-bond donors (Lipinski definition) is 0.